The third-order valence-electron chi connectivity index (χ3n) is 3.39. The molecule has 3 rings (SSSR count). The summed E-state index contributed by atoms with van der Waals surface area (Å²) in [4.78, 5) is 22.8. The Bertz CT molecular complexity index is 617. The summed E-state index contributed by atoms with van der Waals surface area (Å²) in [5.41, 5.74) is 1.47. The van der Waals surface area contributed by atoms with Gasteiger partial charge in [-0.3, -0.25) is 9.78 Å². The summed E-state index contributed by atoms with van der Waals surface area (Å²) in [6, 6.07) is 1.85. The molecule has 1 atom stereocenters. The molecule has 1 aliphatic heterocycles. The van der Waals surface area contributed by atoms with E-state index < -0.39 is 0 Å². The van der Waals surface area contributed by atoms with Crippen molar-refractivity contribution in [1.29, 1.82) is 0 Å². The van der Waals surface area contributed by atoms with Crippen LogP contribution in [0.15, 0.2) is 29.2 Å². The van der Waals surface area contributed by atoms with E-state index in [-0.39, 0.29) is 12.0 Å². The predicted octanol–water partition coefficient (Wildman–Crippen LogP) is 1.79. The second kappa shape index (κ2) is 6.19. The van der Waals surface area contributed by atoms with E-state index in [0.717, 1.165) is 11.3 Å². The maximum atomic E-state index is 12.4. The third-order valence-corrected chi connectivity index (χ3v) is 4.07. The number of nitrogens with zero attached hydrogens (tertiary/aromatic N) is 3. The number of nitrogens with one attached hydrogen (secondary N) is 1. The minimum atomic E-state index is -0.252. The quantitative estimate of drug-likeness (QED) is 0.936. The fraction of sp³-hybridized carbons (Fsp3) is 0.357. The van der Waals surface area contributed by atoms with Crippen LogP contribution in [0.5, 0.6) is 0 Å². The number of thiophene rings is 1. The van der Waals surface area contributed by atoms with E-state index in [0.29, 0.717) is 25.5 Å². The highest BCUT2D eigenvalue weighted by molar-refractivity contribution is 7.08. The van der Waals surface area contributed by atoms with E-state index in [4.69, 9.17) is 4.74 Å². The lowest BCUT2D eigenvalue weighted by Gasteiger charge is -2.32. The van der Waals surface area contributed by atoms with Crippen LogP contribution in [0.3, 0.4) is 0 Å². The molecule has 6 nitrogen and oxygen atoms in total. The summed E-state index contributed by atoms with van der Waals surface area (Å²) < 4.78 is 5.77. The first-order chi connectivity index (χ1) is 10.3. The minimum Gasteiger partial charge on any atom is -0.372 e. The van der Waals surface area contributed by atoms with E-state index in [1.54, 1.807) is 19.4 Å². The minimum absolute atomic E-state index is 0.0412. The zero-order chi connectivity index (χ0) is 14.7. The molecule has 1 saturated heterocycles. The smallest absolute Gasteiger partial charge is 0.254 e. The van der Waals surface area contributed by atoms with Crippen LogP contribution >= 0.6 is 11.3 Å². The summed E-state index contributed by atoms with van der Waals surface area (Å²) in [6.07, 6.45) is 3.02. The SMILES string of the molecule is CNc1nccnc1[C@H]1CN(C(=O)c2ccsc2)CCO1. The molecular weight excluding hydrogens is 288 g/mol. The number of rotatable bonds is 3. The number of hydrogen-bond acceptors (Lipinski definition) is 6. The van der Waals surface area contributed by atoms with Gasteiger partial charge in [-0.05, 0) is 11.4 Å². The molecule has 0 radical (unpaired) electrons. The van der Waals surface area contributed by atoms with Crippen molar-refractivity contribution in [2.75, 3.05) is 32.1 Å². The highest BCUT2D eigenvalue weighted by Crippen LogP contribution is 2.26. The van der Waals surface area contributed by atoms with E-state index in [2.05, 4.69) is 15.3 Å². The van der Waals surface area contributed by atoms with E-state index in [1.807, 2.05) is 21.7 Å². The first kappa shape index (κ1) is 14.0. The van der Waals surface area contributed by atoms with Crippen molar-refractivity contribution in [1.82, 2.24) is 14.9 Å². The average Bonchev–Trinajstić information content (AvgIpc) is 3.08. The van der Waals surface area contributed by atoms with E-state index >= 15 is 0 Å². The lowest BCUT2D eigenvalue weighted by atomic mass is 10.1. The van der Waals surface area contributed by atoms with Gasteiger partial charge in [-0.25, -0.2) is 4.98 Å². The second-order valence-corrected chi connectivity index (χ2v) is 5.44. The lowest BCUT2D eigenvalue weighted by Crippen LogP contribution is -2.42. The highest BCUT2D eigenvalue weighted by atomic mass is 32.1. The molecular formula is C14H16N4O2S. The number of anilines is 1. The fourth-order valence-corrected chi connectivity index (χ4v) is 2.97. The van der Waals surface area contributed by atoms with Crippen LogP contribution < -0.4 is 5.32 Å². The van der Waals surface area contributed by atoms with Crippen molar-refractivity contribution >= 4 is 23.1 Å². The van der Waals surface area contributed by atoms with Crippen molar-refractivity contribution in [3.05, 3.63) is 40.5 Å². The number of aromatic nitrogens is 2. The summed E-state index contributed by atoms with van der Waals surface area (Å²) in [7, 11) is 1.80. The molecule has 0 aliphatic carbocycles. The maximum absolute atomic E-state index is 12.4. The van der Waals surface area contributed by atoms with Gasteiger partial charge in [0.05, 0.1) is 18.7 Å². The molecule has 2 aromatic rings. The van der Waals surface area contributed by atoms with Crippen LogP contribution in [-0.4, -0.2) is 47.5 Å². The van der Waals surface area contributed by atoms with Gasteiger partial charge in [0.1, 0.15) is 17.6 Å². The Labute approximate surface area is 126 Å². The number of hydrogen-bond donors (Lipinski definition) is 1. The second-order valence-electron chi connectivity index (χ2n) is 4.66. The van der Waals surface area contributed by atoms with Gasteiger partial charge in [-0.2, -0.15) is 11.3 Å². The van der Waals surface area contributed by atoms with Gasteiger partial charge in [-0.1, -0.05) is 0 Å². The normalized spacial score (nSPS) is 18.5. The van der Waals surface area contributed by atoms with Crippen LogP contribution in [0.4, 0.5) is 5.82 Å². The van der Waals surface area contributed by atoms with Crippen molar-refractivity contribution in [2.45, 2.75) is 6.10 Å². The standard InChI is InChI=1S/C14H16N4O2S/c1-15-13-12(16-3-4-17-13)11-8-18(5-6-20-11)14(19)10-2-7-21-9-10/h2-4,7,9,11H,5-6,8H2,1H3,(H,15,17)/t11-/m1/s1. The average molecular weight is 304 g/mol. The Morgan fingerprint density at radius 3 is 3.10 bits per heavy atom. The molecule has 110 valence electrons. The number of morpholine rings is 1. The molecule has 1 fully saturated rings. The molecule has 21 heavy (non-hydrogen) atoms. The van der Waals surface area contributed by atoms with E-state index in [9.17, 15) is 4.79 Å². The van der Waals surface area contributed by atoms with Gasteiger partial charge < -0.3 is 15.0 Å². The Morgan fingerprint density at radius 1 is 1.48 bits per heavy atom. The van der Waals surface area contributed by atoms with Gasteiger partial charge in [0, 0.05) is 31.4 Å². The van der Waals surface area contributed by atoms with Crippen LogP contribution in [0.2, 0.25) is 0 Å². The Morgan fingerprint density at radius 2 is 2.33 bits per heavy atom. The monoisotopic (exact) mass is 304 g/mol. The van der Waals surface area contributed by atoms with Gasteiger partial charge >= 0.3 is 0 Å². The molecule has 3 heterocycles. The largest absolute Gasteiger partial charge is 0.372 e. The maximum Gasteiger partial charge on any atom is 0.254 e. The lowest BCUT2D eigenvalue weighted by molar-refractivity contribution is -0.0245. The Hall–Kier alpha value is -1.99. The number of amides is 1. The molecule has 0 saturated carbocycles. The number of ether oxygens (including phenoxy) is 1. The first-order valence-corrected chi connectivity index (χ1v) is 7.65. The first-order valence-electron chi connectivity index (χ1n) is 6.71. The molecule has 1 aliphatic rings. The third kappa shape index (κ3) is 2.88. The Kier molecular flexibility index (Phi) is 4.12. The van der Waals surface area contributed by atoms with Gasteiger partial charge in [0.15, 0.2) is 0 Å². The zero-order valence-corrected chi connectivity index (χ0v) is 12.5. The van der Waals surface area contributed by atoms with Gasteiger partial charge in [0.2, 0.25) is 0 Å². The van der Waals surface area contributed by atoms with Crippen molar-refractivity contribution in [3.8, 4) is 0 Å². The van der Waals surface area contributed by atoms with Crippen LogP contribution in [0.1, 0.15) is 22.2 Å². The molecule has 0 aromatic carbocycles. The molecule has 0 spiro atoms. The molecule has 0 unspecified atom stereocenters. The van der Waals surface area contributed by atoms with Crippen molar-refractivity contribution in [2.24, 2.45) is 0 Å². The Balaban J connectivity index is 1.78. The zero-order valence-electron chi connectivity index (χ0n) is 11.7. The van der Waals surface area contributed by atoms with Gasteiger partial charge in [-0.15, -0.1) is 0 Å². The molecule has 2 aromatic heterocycles. The van der Waals surface area contributed by atoms with Crippen LogP contribution in [0, 0.1) is 0 Å². The topological polar surface area (TPSA) is 67.4 Å². The van der Waals surface area contributed by atoms with Gasteiger partial charge in [0.25, 0.3) is 5.91 Å². The molecule has 1 amide bonds. The van der Waals surface area contributed by atoms with Crippen LogP contribution in [0.25, 0.3) is 0 Å². The fourth-order valence-electron chi connectivity index (χ4n) is 2.34. The number of carbonyl (C=O) groups is 1. The van der Waals surface area contributed by atoms with Crippen molar-refractivity contribution < 1.29 is 9.53 Å². The molecule has 0 bridgehead atoms. The molecule has 1 N–H and O–H groups in total. The summed E-state index contributed by atoms with van der Waals surface area (Å²) >= 11 is 1.52. The number of carbonyl (C=O) groups excluding carboxylic acids is 1. The summed E-state index contributed by atoms with van der Waals surface area (Å²) in [5.74, 6) is 0.729. The highest BCUT2D eigenvalue weighted by Gasteiger charge is 2.28. The predicted molar refractivity (Wildman–Crippen MR) is 80.5 cm³/mol. The van der Waals surface area contributed by atoms with Crippen LogP contribution in [-0.2, 0) is 4.74 Å². The molecule has 7 heteroatoms. The summed E-state index contributed by atoms with van der Waals surface area (Å²) in [6.45, 7) is 1.59. The van der Waals surface area contributed by atoms with E-state index in [1.165, 1.54) is 11.3 Å². The summed E-state index contributed by atoms with van der Waals surface area (Å²) in [5, 5.41) is 6.79. The van der Waals surface area contributed by atoms with Crippen molar-refractivity contribution in [3.63, 3.8) is 0 Å².